The lowest BCUT2D eigenvalue weighted by atomic mass is 10.1. The average Bonchev–Trinajstić information content (AvgIpc) is 3.79. The fourth-order valence-corrected chi connectivity index (χ4v) is 9.47. The lowest BCUT2D eigenvalue weighted by Crippen LogP contribution is -2.48. The first-order valence-electron chi connectivity index (χ1n) is 21.0. The molecule has 0 N–H and O–H groups in total. The molecule has 4 aromatic heterocycles. The largest absolute Gasteiger partial charge is 0.458 e. The Morgan fingerprint density at radius 2 is 1.70 bits per heavy atom. The first kappa shape index (κ1) is 40.6. The van der Waals surface area contributed by atoms with E-state index in [0.29, 0.717) is 23.3 Å². The molecule has 7 heterocycles. The molecular formula is C43H44F4N12O4. The van der Waals surface area contributed by atoms with Gasteiger partial charge in [-0.25, -0.2) is 32.2 Å². The van der Waals surface area contributed by atoms with Crippen molar-refractivity contribution in [1.29, 1.82) is 0 Å². The van der Waals surface area contributed by atoms with Crippen molar-refractivity contribution in [3.8, 4) is 23.0 Å². The van der Waals surface area contributed by atoms with Gasteiger partial charge in [0.25, 0.3) is 0 Å². The van der Waals surface area contributed by atoms with Crippen LogP contribution in [0.2, 0.25) is 0 Å². The maximum absolute atomic E-state index is 16.0. The van der Waals surface area contributed by atoms with E-state index in [1.54, 1.807) is 28.3 Å². The molecule has 63 heavy (non-hydrogen) atoms. The summed E-state index contributed by atoms with van der Waals surface area (Å²) in [5.74, 6) is -3.13. The molecule has 1 saturated carbocycles. The van der Waals surface area contributed by atoms with Gasteiger partial charge in [0.05, 0.1) is 53.1 Å². The molecule has 10 rings (SSSR count). The number of anilines is 2. The van der Waals surface area contributed by atoms with E-state index in [-0.39, 0.29) is 108 Å². The predicted molar refractivity (Wildman–Crippen MR) is 221 cm³/mol. The number of carbonyl (C=O) groups excluding carboxylic acids is 2. The van der Waals surface area contributed by atoms with Gasteiger partial charge in [-0.05, 0) is 51.8 Å². The van der Waals surface area contributed by atoms with Crippen LogP contribution in [0, 0.1) is 30.2 Å². The molecule has 328 valence electrons. The summed E-state index contributed by atoms with van der Waals surface area (Å²) in [6, 6.07) is 4.23. The number of halogens is 4. The average molecular weight is 869 g/mol. The number of hydrogen-bond donors (Lipinski definition) is 0. The first-order valence-corrected chi connectivity index (χ1v) is 21.0. The number of hydrogen-bond acceptors (Lipinski definition) is 12. The van der Waals surface area contributed by atoms with Crippen LogP contribution >= 0.6 is 0 Å². The molecule has 0 radical (unpaired) electrons. The molecule has 3 aliphatic heterocycles. The lowest BCUT2D eigenvalue weighted by molar-refractivity contribution is -0.133. The van der Waals surface area contributed by atoms with Crippen molar-refractivity contribution in [2.75, 3.05) is 43.6 Å². The SMILES string of the molecule is COC1CN(C)C(=O)C2CC(CN2c2nc(N3C(C)CN(C4CC4)C(=O)C[C@H]3C)nc3c2cnn3-c2ccc(F)cc2F)Oc2nccc(n2)-c2c(F)c(F)cc3nc(C)n(c23)C1. The molecule has 3 fully saturated rings. The van der Waals surface area contributed by atoms with Gasteiger partial charge in [0.15, 0.2) is 23.1 Å². The fraction of sp³-hybridized carbons (Fsp3) is 0.442. The fourth-order valence-electron chi connectivity index (χ4n) is 9.47. The van der Waals surface area contributed by atoms with E-state index in [0.717, 1.165) is 31.0 Å². The summed E-state index contributed by atoms with van der Waals surface area (Å²) >= 11 is 0. The summed E-state index contributed by atoms with van der Waals surface area (Å²) in [6.45, 7) is 6.38. The second-order valence-electron chi connectivity index (χ2n) is 17.0. The van der Waals surface area contributed by atoms with E-state index in [9.17, 15) is 14.0 Å². The third-order valence-electron chi connectivity index (χ3n) is 12.6. The zero-order valence-electron chi connectivity index (χ0n) is 35.2. The molecule has 1 aliphatic carbocycles. The zero-order chi connectivity index (χ0) is 44.0. The van der Waals surface area contributed by atoms with Crippen molar-refractivity contribution in [3.63, 3.8) is 0 Å². The standard InChI is InChI=1S/C43H44F4N12O4/c1-21-12-35(60)56(25-7-8-25)17-22(2)58(21)42-52-39(28-16-49-59(40(28)53-42)33-9-6-24(44)13-29(33)45)57-19-26-14-34(57)41(61)54(4)18-27(62-5)20-55-23(3)50-32-15-30(46)37(47)36(38(32)55)31-10-11-48-43(51-31)63-26/h6,9-11,13,15-16,21-22,25-27,34H,7-8,12,14,17-20H2,1-5H3/t21-,22?,26?,27?,34?/m1/s1. The number of fused-ring (bicyclic) bond motifs is 6. The molecule has 2 amide bonds. The molecule has 4 aliphatic rings. The number of rotatable bonds is 5. The van der Waals surface area contributed by atoms with E-state index < -0.39 is 41.5 Å². The van der Waals surface area contributed by atoms with E-state index in [2.05, 4.69) is 20.1 Å². The van der Waals surface area contributed by atoms with Crippen LogP contribution in [-0.4, -0.2) is 131 Å². The van der Waals surface area contributed by atoms with Gasteiger partial charge in [-0.2, -0.15) is 20.1 Å². The Kier molecular flexibility index (Phi) is 9.94. The zero-order valence-corrected chi connectivity index (χ0v) is 35.2. The van der Waals surface area contributed by atoms with Gasteiger partial charge in [-0.3, -0.25) is 9.59 Å². The van der Waals surface area contributed by atoms with Crippen molar-refractivity contribution >= 4 is 45.6 Å². The van der Waals surface area contributed by atoms with Gasteiger partial charge >= 0.3 is 6.01 Å². The minimum atomic E-state index is -1.12. The van der Waals surface area contributed by atoms with Crippen LogP contribution in [0.1, 0.15) is 45.4 Å². The number of aromatic nitrogens is 8. The molecular weight excluding hydrogens is 825 g/mol. The van der Waals surface area contributed by atoms with E-state index in [1.807, 2.05) is 23.6 Å². The minimum Gasteiger partial charge on any atom is -0.458 e. The van der Waals surface area contributed by atoms with E-state index >= 15 is 13.2 Å². The van der Waals surface area contributed by atoms with Crippen LogP contribution in [-0.2, 0) is 20.9 Å². The number of likely N-dealkylation sites (N-methyl/N-ethyl adjacent to an activating group) is 1. The van der Waals surface area contributed by atoms with Gasteiger partial charge in [-0.1, -0.05) is 0 Å². The number of nitrogens with zero attached hydrogens (tertiary/aromatic N) is 12. The van der Waals surface area contributed by atoms with Crippen molar-refractivity contribution < 1.29 is 36.6 Å². The molecule has 2 aromatic carbocycles. The van der Waals surface area contributed by atoms with Gasteiger partial charge in [-0.15, -0.1) is 0 Å². The Morgan fingerprint density at radius 3 is 2.46 bits per heavy atom. The van der Waals surface area contributed by atoms with Crippen LogP contribution in [0.15, 0.2) is 42.7 Å². The molecule has 20 heteroatoms. The van der Waals surface area contributed by atoms with Crippen molar-refractivity contribution in [3.05, 3.63) is 71.8 Å². The monoisotopic (exact) mass is 868 g/mol. The van der Waals surface area contributed by atoms with Crippen LogP contribution < -0.4 is 14.5 Å². The Hall–Kier alpha value is -6.44. The molecule has 6 aromatic rings. The van der Waals surface area contributed by atoms with Gasteiger partial charge < -0.3 is 33.6 Å². The highest BCUT2D eigenvalue weighted by atomic mass is 19.2. The molecule has 5 atom stereocenters. The minimum absolute atomic E-state index is 0.0385. The number of methoxy groups -OCH3 is 1. The first-order chi connectivity index (χ1) is 30.3. The third-order valence-corrected chi connectivity index (χ3v) is 12.6. The molecule has 2 saturated heterocycles. The molecule has 0 spiro atoms. The highest BCUT2D eigenvalue weighted by Gasteiger charge is 2.44. The Bertz CT molecular complexity index is 2820. The summed E-state index contributed by atoms with van der Waals surface area (Å²) in [6.07, 6.45) is 3.72. The van der Waals surface area contributed by atoms with Gasteiger partial charge in [0, 0.05) is 76.5 Å². The Balaban J connectivity index is 1.12. The smallest absolute Gasteiger partial charge is 0.317 e. The molecule has 16 nitrogen and oxygen atoms in total. The van der Waals surface area contributed by atoms with Crippen molar-refractivity contribution in [2.24, 2.45) is 0 Å². The van der Waals surface area contributed by atoms with Crippen LogP contribution in [0.25, 0.3) is 39.0 Å². The quantitative estimate of drug-likeness (QED) is 0.215. The highest BCUT2D eigenvalue weighted by Crippen LogP contribution is 2.39. The summed E-state index contributed by atoms with van der Waals surface area (Å²) in [5, 5.41) is 4.90. The number of amides is 2. The summed E-state index contributed by atoms with van der Waals surface area (Å²) in [4.78, 5) is 59.2. The van der Waals surface area contributed by atoms with Crippen molar-refractivity contribution in [1.82, 2.24) is 49.1 Å². The summed E-state index contributed by atoms with van der Waals surface area (Å²) in [5.41, 5.74) is 0.591. The summed E-state index contributed by atoms with van der Waals surface area (Å²) < 4.78 is 76.2. The number of benzene rings is 2. The predicted octanol–water partition coefficient (Wildman–Crippen LogP) is 4.98. The number of aryl methyl sites for hydroxylation is 1. The Morgan fingerprint density at radius 1 is 0.889 bits per heavy atom. The van der Waals surface area contributed by atoms with Crippen LogP contribution in [0.5, 0.6) is 6.01 Å². The van der Waals surface area contributed by atoms with E-state index in [1.165, 1.54) is 36.3 Å². The van der Waals surface area contributed by atoms with Crippen molar-refractivity contribution in [2.45, 2.75) is 89.4 Å². The van der Waals surface area contributed by atoms with E-state index in [4.69, 9.17) is 19.4 Å². The van der Waals surface area contributed by atoms with Gasteiger partial charge in [0.2, 0.25) is 17.8 Å². The normalized spacial score (nSPS) is 23.3. The number of ether oxygens (including phenoxy) is 2. The summed E-state index contributed by atoms with van der Waals surface area (Å²) in [7, 11) is 3.17. The number of carbonyl (C=O) groups is 2. The topological polar surface area (TPSA) is 153 Å². The third kappa shape index (κ3) is 7.03. The maximum Gasteiger partial charge on any atom is 0.317 e. The second kappa shape index (κ2) is 15.4. The Labute approximate surface area is 358 Å². The van der Waals surface area contributed by atoms with Crippen LogP contribution in [0.4, 0.5) is 29.3 Å². The van der Waals surface area contributed by atoms with Gasteiger partial charge in [0.1, 0.15) is 35.3 Å². The highest BCUT2D eigenvalue weighted by molar-refractivity contribution is 5.94. The van der Waals surface area contributed by atoms with Crippen LogP contribution in [0.3, 0.4) is 0 Å². The number of imidazole rings is 1. The molecule has 4 bridgehead atoms. The molecule has 4 unspecified atom stereocenters. The maximum atomic E-state index is 16.0. The lowest BCUT2D eigenvalue weighted by Gasteiger charge is -2.34. The second-order valence-corrected chi connectivity index (χ2v) is 17.0.